The van der Waals surface area contributed by atoms with Crippen LogP contribution in [0.4, 0.5) is 10.8 Å². The zero-order chi connectivity index (χ0) is 18.5. The van der Waals surface area contributed by atoms with Gasteiger partial charge in [-0.05, 0) is 31.5 Å². The van der Waals surface area contributed by atoms with E-state index in [1.807, 2.05) is 49.6 Å². The fourth-order valence-corrected chi connectivity index (χ4v) is 3.30. The molecule has 3 aromatic rings. The van der Waals surface area contributed by atoms with Crippen LogP contribution in [0.3, 0.4) is 0 Å². The number of aromatic nitrogens is 3. The molecule has 7 heteroatoms. The number of aryl methyl sites for hydroxylation is 2. The molecule has 2 heterocycles. The van der Waals surface area contributed by atoms with Gasteiger partial charge < -0.3 is 0 Å². The van der Waals surface area contributed by atoms with Gasteiger partial charge in [0.05, 0.1) is 11.4 Å². The van der Waals surface area contributed by atoms with E-state index in [4.69, 9.17) is 0 Å². The van der Waals surface area contributed by atoms with Crippen molar-refractivity contribution in [1.82, 2.24) is 14.8 Å². The first-order valence-corrected chi connectivity index (χ1v) is 9.38. The standard InChI is InChI=1S/C19H20N4O2S/c1-3-4-12-22-17(24)11-10-16(21-22)18(25)23(15-8-6-5-7-9-15)19-20-14(2)13-26-19/h5-11,13H,3-4,12H2,1-2H3. The molecule has 0 fully saturated rings. The molecule has 1 amide bonds. The van der Waals surface area contributed by atoms with Crippen LogP contribution in [-0.2, 0) is 6.54 Å². The van der Waals surface area contributed by atoms with Crippen LogP contribution in [-0.4, -0.2) is 20.7 Å². The minimum absolute atomic E-state index is 0.202. The first kappa shape index (κ1) is 18.0. The third kappa shape index (κ3) is 3.88. The Morgan fingerprint density at radius 1 is 1.19 bits per heavy atom. The largest absolute Gasteiger partial charge is 0.285 e. The van der Waals surface area contributed by atoms with E-state index in [1.165, 1.54) is 33.1 Å². The van der Waals surface area contributed by atoms with E-state index in [2.05, 4.69) is 10.1 Å². The molecule has 2 aromatic heterocycles. The molecule has 0 saturated heterocycles. The fraction of sp³-hybridized carbons (Fsp3) is 0.263. The van der Waals surface area contributed by atoms with Gasteiger partial charge in [0.15, 0.2) is 5.13 Å². The second-order valence-corrected chi connectivity index (χ2v) is 6.72. The van der Waals surface area contributed by atoms with Crippen molar-refractivity contribution in [3.8, 4) is 0 Å². The van der Waals surface area contributed by atoms with Crippen LogP contribution < -0.4 is 10.5 Å². The van der Waals surface area contributed by atoms with Gasteiger partial charge in [-0.1, -0.05) is 31.5 Å². The van der Waals surface area contributed by atoms with E-state index in [9.17, 15) is 9.59 Å². The quantitative estimate of drug-likeness (QED) is 0.664. The summed E-state index contributed by atoms with van der Waals surface area (Å²) in [7, 11) is 0. The molecule has 0 aliphatic carbocycles. The van der Waals surface area contributed by atoms with Crippen LogP contribution in [0.1, 0.15) is 35.9 Å². The number of hydrogen-bond donors (Lipinski definition) is 0. The van der Waals surface area contributed by atoms with E-state index >= 15 is 0 Å². The van der Waals surface area contributed by atoms with E-state index < -0.39 is 0 Å². The molecule has 0 spiro atoms. The highest BCUT2D eigenvalue weighted by Gasteiger charge is 2.24. The number of benzene rings is 1. The lowest BCUT2D eigenvalue weighted by molar-refractivity contribution is 0.0992. The second-order valence-electron chi connectivity index (χ2n) is 5.88. The number of carbonyl (C=O) groups is 1. The smallest absolute Gasteiger partial charge is 0.268 e. The molecule has 0 radical (unpaired) electrons. The van der Waals surface area contributed by atoms with Gasteiger partial charge in [-0.25, -0.2) is 9.67 Å². The summed E-state index contributed by atoms with van der Waals surface area (Å²) in [6.45, 7) is 4.43. The van der Waals surface area contributed by atoms with Crippen LogP contribution in [0.25, 0.3) is 0 Å². The van der Waals surface area contributed by atoms with Gasteiger partial charge in [-0.2, -0.15) is 5.10 Å². The molecular weight excluding hydrogens is 348 g/mol. The monoisotopic (exact) mass is 368 g/mol. The van der Waals surface area contributed by atoms with Gasteiger partial charge in [0, 0.05) is 18.0 Å². The van der Waals surface area contributed by atoms with Crippen molar-refractivity contribution in [1.29, 1.82) is 0 Å². The zero-order valence-corrected chi connectivity index (χ0v) is 15.6. The number of carbonyl (C=O) groups excluding carboxylic acids is 1. The maximum atomic E-state index is 13.2. The summed E-state index contributed by atoms with van der Waals surface area (Å²) in [5.41, 5.74) is 1.57. The number of nitrogens with zero attached hydrogens (tertiary/aromatic N) is 4. The highest BCUT2D eigenvalue weighted by molar-refractivity contribution is 7.14. The highest BCUT2D eigenvalue weighted by Crippen LogP contribution is 2.29. The molecule has 0 bridgehead atoms. The second kappa shape index (κ2) is 8.05. The van der Waals surface area contributed by atoms with Crippen molar-refractivity contribution in [2.45, 2.75) is 33.2 Å². The Labute approximate surface area is 155 Å². The maximum Gasteiger partial charge on any atom is 0.285 e. The van der Waals surface area contributed by atoms with Crippen LogP contribution in [0.15, 0.2) is 52.6 Å². The van der Waals surface area contributed by atoms with Crippen molar-refractivity contribution >= 4 is 28.1 Å². The van der Waals surface area contributed by atoms with E-state index in [-0.39, 0.29) is 17.2 Å². The number of thiazole rings is 1. The lowest BCUT2D eigenvalue weighted by Gasteiger charge is -2.19. The van der Waals surface area contributed by atoms with Gasteiger partial charge in [0.2, 0.25) is 0 Å². The average Bonchev–Trinajstić information content (AvgIpc) is 3.08. The predicted octanol–water partition coefficient (Wildman–Crippen LogP) is 3.79. The Morgan fingerprint density at radius 3 is 2.62 bits per heavy atom. The average molecular weight is 368 g/mol. The summed E-state index contributed by atoms with van der Waals surface area (Å²) in [6.07, 6.45) is 1.78. The predicted molar refractivity (Wildman–Crippen MR) is 103 cm³/mol. The van der Waals surface area contributed by atoms with Gasteiger partial charge >= 0.3 is 0 Å². The molecule has 0 unspecified atom stereocenters. The number of para-hydroxylation sites is 1. The maximum absolute atomic E-state index is 13.2. The summed E-state index contributed by atoms with van der Waals surface area (Å²) >= 11 is 1.39. The molecule has 0 saturated carbocycles. The molecule has 1 aromatic carbocycles. The summed E-state index contributed by atoms with van der Waals surface area (Å²) in [6, 6.07) is 12.2. The molecule has 6 nitrogen and oxygen atoms in total. The molecule has 0 aliphatic heterocycles. The molecule has 26 heavy (non-hydrogen) atoms. The van der Waals surface area contributed by atoms with Gasteiger partial charge in [0.1, 0.15) is 5.69 Å². The van der Waals surface area contributed by atoms with Crippen molar-refractivity contribution in [3.63, 3.8) is 0 Å². The minimum atomic E-state index is -0.309. The third-order valence-electron chi connectivity index (χ3n) is 3.82. The Morgan fingerprint density at radius 2 is 1.96 bits per heavy atom. The molecule has 0 atom stereocenters. The first-order chi connectivity index (χ1) is 12.6. The number of unbranched alkanes of at least 4 members (excludes halogenated alkanes) is 1. The van der Waals surface area contributed by atoms with Crippen LogP contribution >= 0.6 is 11.3 Å². The Hall–Kier alpha value is -2.80. The highest BCUT2D eigenvalue weighted by atomic mass is 32.1. The number of rotatable bonds is 6. The van der Waals surface area contributed by atoms with Crippen LogP contribution in [0, 0.1) is 6.92 Å². The van der Waals surface area contributed by atoms with Gasteiger partial charge in [0.25, 0.3) is 11.5 Å². The first-order valence-electron chi connectivity index (χ1n) is 8.50. The Balaban J connectivity index is 2.02. The van der Waals surface area contributed by atoms with Crippen molar-refractivity contribution in [2.75, 3.05) is 4.90 Å². The van der Waals surface area contributed by atoms with Crippen molar-refractivity contribution in [2.24, 2.45) is 0 Å². The lowest BCUT2D eigenvalue weighted by Crippen LogP contribution is -2.31. The molecule has 0 aliphatic rings. The lowest BCUT2D eigenvalue weighted by atomic mass is 10.2. The molecule has 0 N–H and O–H groups in total. The van der Waals surface area contributed by atoms with Crippen molar-refractivity contribution in [3.05, 3.63) is 69.6 Å². The SMILES string of the molecule is CCCCn1nc(C(=O)N(c2ccccc2)c2nc(C)cs2)ccc1=O. The van der Waals surface area contributed by atoms with Crippen LogP contribution in [0.2, 0.25) is 0 Å². The van der Waals surface area contributed by atoms with E-state index in [0.717, 1.165) is 18.5 Å². The normalized spacial score (nSPS) is 10.7. The van der Waals surface area contributed by atoms with Gasteiger partial charge in [-0.15, -0.1) is 11.3 Å². The van der Waals surface area contributed by atoms with Crippen molar-refractivity contribution < 1.29 is 4.79 Å². The van der Waals surface area contributed by atoms with E-state index in [0.29, 0.717) is 17.4 Å². The third-order valence-corrected chi connectivity index (χ3v) is 4.77. The summed E-state index contributed by atoms with van der Waals surface area (Å²) in [5.74, 6) is -0.309. The molecule has 3 rings (SSSR count). The zero-order valence-electron chi connectivity index (χ0n) is 14.8. The number of anilines is 2. The molecule has 134 valence electrons. The summed E-state index contributed by atoms with van der Waals surface area (Å²) < 4.78 is 1.35. The topological polar surface area (TPSA) is 68.1 Å². The van der Waals surface area contributed by atoms with Crippen LogP contribution in [0.5, 0.6) is 0 Å². The summed E-state index contributed by atoms with van der Waals surface area (Å²) in [4.78, 5) is 31.2. The minimum Gasteiger partial charge on any atom is -0.268 e. The van der Waals surface area contributed by atoms with Gasteiger partial charge in [-0.3, -0.25) is 14.5 Å². The Kier molecular flexibility index (Phi) is 5.58. The Bertz CT molecular complexity index is 949. The number of hydrogen-bond acceptors (Lipinski definition) is 5. The number of amides is 1. The molecular formula is C19H20N4O2S. The fourth-order valence-electron chi connectivity index (χ4n) is 2.48. The van der Waals surface area contributed by atoms with E-state index in [1.54, 1.807) is 0 Å². The summed E-state index contributed by atoms with van der Waals surface area (Å²) in [5, 5.41) is 6.75.